The molecule has 120 valence electrons. The van der Waals surface area contributed by atoms with Crippen molar-refractivity contribution in [2.45, 2.75) is 20.0 Å². The van der Waals surface area contributed by atoms with Gasteiger partial charge >= 0.3 is 0 Å². The van der Waals surface area contributed by atoms with Gasteiger partial charge in [0.1, 0.15) is 5.69 Å². The Kier molecular flexibility index (Phi) is 5.40. The normalized spacial score (nSPS) is 12.0. The van der Waals surface area contributed by atoms with Gasteiger partial charge in [-0.3, -0.25) is 4.72 Å². The Labute approximate surface area is 118 Å². The van der Waals surface area contributed by atoms with Crippen LogP contribution in [0.5, 0.6) is 5.75 Å². The number of hydrogen-bond acceptors (Lipinski definition) is 4. The monoisotopic (exact) mass is 331 g/mol. The summed E-state index contributed by atoms with van der Waals surface area (Å²) in [5.41, 5.74) is -1.53. The topological polar surface area (TPSA) is 75.6 Å². The van der Waals surface area contributed by atoms with Crippen LogP contribution >= 0.6 is 0 Å². The van der Waals surface area contributed by atoms with E-state index in [4.69, 9.17) is 9.84 Å². The lowest BCUT2D eigenvalue weighted by Gasteiger charge is -2.12. The highest BCUT2D eigenvalue weighted by molar-refractivity contribution is 7.92. The summed E-state index contributed by atoms with van der Waals surface area (Å²) in [7, 11) is -4.29. The molecule has 1 aromatic rings. The lowest BCUT2D eigenvalue weighted by molar-refractivity contribution is 0.0913. The molecule has 10 heteroatoms. The minimum absolute atomic E-state index is 0.266. The molecule has 0 saturated carbocycles. The number of sulfonamides is 1. The first-order chi connectivity index (χ1) is 9.57. The molecule has 1 rings (SSSR count). The SMILES string of the molecule is CC(C)OCCS(=O)(=O)Nc1c(F)c(F)c(O)c(F)c1F. The van der Waals surface area contributed by atoms with Crippen LogP contribution in [0.4, 0.5) is 23.2 Å². The Morgan fingerprint density at radius 3 is 2.00 bits per heavy atom. The number of phenols is 1. The molecule has 0 aliphatic heterocycles. The fraction of sp³-hybridized carbons (Fsp3) is 0.455. The second kappa shape index (κ2) is 6.48. The van der Waals surface area contributed by atoms with E-state index in [1.807, 2.05) is 0 Å². The summed E-state index contributed by atoms with van der Waals surface area (Å²) in [6.07, 6.45) is -0.266. The Balaban J connectivity index is 3.03. The van der Waals surface area contributed by atoms with E-state index in [1.54, 1.807) is 13.8 Å². The molecule has 0 heterocycles. The van der Waals surface area contributed by atoms with E-state index in [0.29, 0.717) is 0 Å². The summed E-state index contributed by atoms with van der Waals surface area (Å²) in [5.74, 6) is -10.8. The third kappa shape index (κ3) is 4.21. The van der Waals surface area contributed by atoms with Gasteiger partial charge in [0.15, 0.2) is 17.4 Å². The van der Waals surface area contributed by atoms with E-state index in [2.05, 4.69) is 0 Å². The highest BCUT2D eigenvalue weighted by atomic mass is 32.2. The maximum atomic E-state index is 13.4. The second-order valence-corrected chi connectivity index (χ2v) is 6.16. The Morgan fingerprint density at radius 1 is 1.10 bits per heavy atom. The van der Waals surface area contributed by atoms with Gasteiger partial charge in [-0.2, -0.15) is 8.78 Å². The van der Waals surface area contributed by atoms with Crippen molar-refractivity contribution in [3.8, 4) is 5.75 Å². The molecule has 0 bridgehead atoms. The van der Waals surface area contributed by atoms with E-state index in [1.165, 1.54) is 4.72 Å². The third-order valence-corrected chi connectivity index (χ3v) is 3.52. The zero-order valence-corrected chi connectivity index (χ0v) is 11.9. The van der Waals surface area contributed by atoms with E-state index >= 15 is 0 Å². The molecule has 0 aromatic heterocycles. The number of anilines is 1. The van der Waals surface area contributed by atoms with Crippen molar-refractivity contribution in [3.63, 3.8) is 0 Å². The summed E-state index contributed by atoms with van der Waals surface area (Å²) in [6.45, 7) is 3.01. The number of aromatic hydroxyl groups is 1. The minimum Gasteiger partial charge on any atom is -0.503 e. The fourth-order valence-corrected chi connectivity index (χ4v) is 2.22. The molecule has 1 aromatic carbocycles. The number of nitrogens with one attached hydrogen (secondary N) is 1. The van der Waals surface area contributed by atoms with Crippen molar-refractivity contribution in [2.75, 3.05) is 17.1 Å². The third-order valence-electron chi connectivity index (χ3n) is 2.30. The highest BCUT2D eigenvalue weighted by Gasteiger charge is 2.27. The summed E-state index contributed by atoms with van der Waals surface area (Å²) >= 11 is 0. The quantitative estimate of drug-likeness (QED) is 0.476. The first-order valence-electron chi connectivity index (χ1n) is 5.73. The molecule has 0 spiro atoms. The molecule has 0 atom stereocenters. The molecular formula is C11H13F4NO4S. The van der Waals surface area contributed by atoms with Crippen LogP contribution in [0, 0.1) is 23.3 Å². The highest BCUT2D eigenvalue weighted by Crippen LogP contribution is 2.32. The Bertz CT molecular complexity index is 605. The molecule has 21 heavy (non-hydrogen) atoms. The summed E-state index contributed by atoms with van der Waals surface area (Å²) in [6, 6.07) is 0. The molecule has 0 aliphatic carbocycles. The summed E-state index contributed by atoms with van der Waals surface area (Å²) in [4.78, 5) is 0. The number of ether oxygens (including phenoxy) is 1. The van der Waals surface area contributed by atoms with Crippen LogP contribution in [0.25, 0.3) is 0 Å². The minimum atomic E-state index is -4.29. The van der Waals surface area contributed by atoms with Crippen molar-refractivity contribution < 1.29 is 35.8 Å². The predicted molar refractivity (Wildman–Crippen MR) is 66.4 cm³/mol. The molecule has 0 saturated heterocycles. The van der Waals surface area contributed by atoms with Crippen LogP contribution in [0.3, 0.4) is 0 Å². The zero-order valence-electron chi connectivity index (χ0n) is 11.1. The van der Waals surface area contributed by atoms with E-state index in [0.717, 1.165) is 0 Å². The second-order valence-electron chi connectivity index (χ2n) is 4.32. The summed E-state index contributed by atoms with van der Waals surface area (Å²) < 4.78 is 82.4. The number of rotatable bonds is 6. The maximum absolute atomic E-state index is 13.4. The van der Waals surface area contributed by atoms with Gasteiger partial charge in [0.05, 0.1) is 18.5 Å². The average molecular weight is 331 g/mol. The van der Waals surface area contributed by atoms with Crippen molar-refractivity contribution in [2.24, 2.45) is 0 Å². The Morgan fingerprint density at radius 2 is 1.57 bits per heavy atom. The van der Waals surface area contributed by atoms with Gasteiger partial charge < -0.3 is 9.84 Å². The van der Waals surface area contributed by atoms with Crippen molar-refractivity contribution in [1.29, 1.82) is 0 Å². The first-order valence-corrected chi connectivity index (χ1v) is 7.39. The van der Waals surface area contributed by atoms with Gasteiger partial charge in [0, 0.05) is 0 Å². The van der Waals surface area contributed by atoms with Crippen LogP contribution < -0.4 is 4.72 Å². The van der Waals surface area contributed by atoms with Gasteiger partial charge in [0.2, 0.25) is 21.7 Å². The van der Waals surface area contributed by atoms with Crippen molar-refractivity contribution in [3.05, 3.63) is 23.3 Å². The fourth-order valence-electron chi connectivity index (χ4n) is 1.31. The molecule has 0 aliphatic rings. The molecule has 5 nitrogen and oxygen atoms in total. The van der Waals surface area contributed by atoms with Gasteiger partial charge in [-0.1, -0.05) is 0 Å². The van der Waals surface area contributed by atoms with E-state index < -0.39 is 50.5 Å². The standard InChI is InChI=1S/C11H13F4NO4S/c1-5(2)20-3-4-21(18,19)16-10-6(12)8(14)11(17)9(15)7(10)13/h5,16-17H,3-4H2,1-2H3. The van der Waals surface area contributed by atoms with E-state index in [9.17, 15) is 26.0 Å². The van der Waals surface area contributed by atoms with Gasteiger partial charge in [0.25, 0.3) is 0 Å². The van der Waals surface area contributed by atoms with E-state index in [-0.39, 0.29) is 12.7 Å². The number of hydrogen-bond donors (Lipinski definition) is 2. The smallest absolute Gasteiger partial charge is 0.235 e. The molecule has 0 unspecified atom stereocenters. The molecule has 0 radical (unpaired) electrons. The largest absolute Gasteiger partial charge is 0.503 e. The van der Waals surface area contributed by atoms with Crippen LogP contribution in [0.2, 0.25) is 0 Å². The first kappa shape index (κ1) is 17.5. The van der Waals surface area contributed by atoms with Crippen LogP contribution in [0.15, 0.2) is 0 Å². The Hall–Kier alpha value is -1.55. The lowest BCUT2D eigenvalue weighted by Crippen LogP contribution is -2.23. The number of benzene rings is 1. The van der Waals surface area contributed by atoms with Crippen LogP contribution in [-0.2, 0) is 14.8 Å². The zero-order chi connectivity index (χ0) is 16.4. The van der Waals surface area contributed by atoms with Crippen molar-refractivity contribution in [1.82, 2.24) is 0 Å². The van der Waals surface area contributed by atoms with Crippen LogP contribution in [-0.4, -0.2) is 32.0 Å². The molecule has 0 amide bonds. The molecule has 2 N–H and O–H groups in total. The van der Waals surface area contributed by atoms with Gasteiger partial charge in [-0.15, -0.1) is 0 Å². The van der Waals surface area contributed by atoms with Gasteiger partial charge in [-0.25, -0.2) is 17.2 Å². The predicted octanol–water partition coefficient (Wildman–Crippen LogP) is 2.12. The van der Waals surface area contributed by atoms with Gasteiger partial charge in [-0.05, 0) is 13.8 Å². The van der Waals surface area contributed by atoms with Crippen LogP contribution in [0.1, 0.15) is 13.8 Å². The van der Waals surface area contributed by atoms with Crippen molar-refractivity contribution >= 4 is 15.7 Å². The average Bonchev–Trinajstić information content (AvgIpc) is 2.38. The lowest BCUT2D eigenvalue weighted by atomic mass is 10.2. The molecular weight excluding hydrogens is 318 g/mol. The maximum Gasteiger partial charge on any atom is 0.235 e. The summed E-state index contributed by atoms with van der Waals surface area (Å²) in [5, 5.41) is 8.77. The number of phenolic OH excluding ortho intramolecular Hbond substituents is 1. The molecule has 0 fully saturated rings. The number of halogens is 4.